The fourth-order valence-electron chi connectivity index (χ4n) is 3.26. The predicted molar refractivity (Wildman–Crippen MR) is 124 cm³/mol. The summed E-state index contributed by atoms with van der Waals surface area (Å²) in [6.45, 7) is -0.292. The third-order valence-corrected chi connectivity index (χ3v) is 6.77. The van der Waals surface area contributed by atoms with Crippen LogP contribution in [0.1, 0.15) is 11.3 Å². The van der Waals surface area contributed by atoms with Crippen LogP contribution in [-0.2, 0) is 16.6 Å². The molecule has 0 aliphatic carbocycles. The lowest BCUT2D eigenvalue weighted by molar-refractivity contribution is 0.576. The van der Waals surface area contributed by atoms with Gasteiger partial charge >= 0.3 is 0 Å². The highest BCUT2D eigenvalue weighted by Gasteiger charge is 2.23. The Balaban J connectivity index is 1.81. The van der Waals surface area contributed by atoms with Gasteiger partial charge in [0.25, 0.3) is 0 Å². The molecule has 0 fully saturated rings. The first-order valence-electron chi connectivity index (χ1n) is 9.58. The van der Waals surface area contributed by atoms with Crippen molar-refractivity contribution < 1.29 is 12.8 Å². The summed E-state index contributed by atoms with van der Waals surface area (Å²) in [6, 6.07) is 20.5. The lowest BCUT2D eigenvalue weighted by atomic mass is 10.1. The lowest BCUT2D eigenvalue weighted by Crippen LogP contribution is -2.24. The van der Waals surface area contributed by atoms with Crippen LogP contribution in [0.2, 0.25) is 10.0 Å². The summed E-state index contributed by atoms with van der Waals surface area (Å²) in [7, 11) is -4.04. The summed E-state index contributed by atoms with van der Waals surface area (Å²) in [4.78, 5) is -0.232. The molecule has 0 unspecified atom stereocenters. The Morgan fingerprint density at radius 2 is 1.76 bits per heavy atom. The second-order valence-corrected chi connectivity index (χ2v) is 9.54. The van der Waals surface area contributed by atoms with Gasteiger partial charge in [-0.3, -0.25) is 0 Å². The average molecular weight is 501 g/mol. The summed E-state index contributed by atoms with van der Waals surface area (Å²) in [6.07, 6.45) is 0. The molecule has 0 aliphatic rings. The zero-order valence-corrected chi connectivity index (χ0v) is 19.2. The second kappa shape index (κ2) is 9.33. The van der Waals surface area contributed by atoms with E-state index in [4.69, 9.17) is 23.2 Å². The Labute approximate surface area is 199 Å². The molecule has 0 radical (unpaired) electrons. The molecule has 0 bridgehead atoms. The Kier molecular flexibility index (Phi) is 6.49. The van der Waals surface area contributed by atoms with E-state index in [1.165, 1.54) is 16.8 Å². The molecule has 4 rings (SSSR count). The summed E-state index contributed by atoms with van der Waals surface area (Å²) in [5, 5.41) is 15.4. The van der Waals surface area contributed by atoms with Crippen LogP contribution in [0.4, 0.5) is 4.39 Å². The van der Waals surface area contributed by atoms with E-state index in [1.807, 2.05) is 0 Å². The molecular formula is C23H15Cl2FN4O2S. The number of hydrogen-bond acceptors (Lipinski definition) is 4. The first-order valence-corrected chi connectivity index (χ1v) is 11.8. The molecule has 0 spiro atoms. The zero-order chi connectivity index (χ0) is 23.6. The van der Waals surface area contributed by atoms with Crippen molar-refractivity contribution in [3.05, 3.63) is 99.9 Å². The van der Waals surface area contributed by atoms with Crippen LogP contribution >= 0.6 is 23.2 Å². The Hall–Kier alpha value is -3.22. The number of para-hydroxylation sites is 1. The van der Waals surface area contributed by atoms with Crippen LogP contribution in [-0.4, -0.2) is 18.2 Å². The highest BCUT2D eigenvalue weighted by Crippen LogP contribution is 2.32. The fraction of sp³-hybridized carbons (Fsp3) is 0.0435. The maximum atomic E-state index is 13.5. The largest absolute Gasteiger partial charge is 0.241 e. The number of nitriles is 1. The number of nitrogens with one attached hydrogen (secondary N) is 1. The summed E-state index contributed by atoms with van der Waals surface area (Å²) in [5.41, 5.74) is 1.94. The number of rotatable bonds is 6. The summed E-state index contributed by atoms with van der Waals surface area (Å²) >= 11 is 12.4. The first kappa shape index (κ1) is 23.0. The van der Waals surface area contributed by atoms with E-state index in [0.29, 0.717) is 27.0 Å². The van der Waals surface area contributed by atoms with Gasteiger partial charge in [0.05, 0.1) is 33.5 Å². The number of nitrogens with zero attached hydrogens (tertiary/aromatic N) is 3. The Morgan fingerprint density at radius 3 is 2.42 bits per heavy atom. The number of hydrogen-bond donors (Lipinski definition) is 1. The molecule has 4 aromatic rings. The van der Waals surface area contributed by atoms with Crippen LogP contribution in [0.5, 0.6) is 0 Å². The lowest BCUT2D eigenvalue weighted by Gasteiger charge is -2.09. The van der Waals surface area contributed by atoms with Crippen LogP contribution in [0.25, 0.3) is 16.9 Å². The molecule has 1 aromatic heterocycles. The third-order valence-electron chi connectivity index (χ3n) is 4.80. The number of halogens is 3. The first-order chi connectivity index (χ1) is 15.8. The van der Waals surface area contributed by atoms with Crippen molar-refractivity contribution in [2.75, 3.05) is 0 Å². The van der Waals surface area contributed by atoms with Gasteiger partial charge in [-0.05, 0) is 42.5 Å². The van der Waals surface area contributed by atoms with Crippen molar-refractivity contribution in [3.8, 4) is 23.0 Å². The van der Waals surface area contributed by atoms with Crippen LogP contribution < -0.4 is 4.72 Å². The van der Waals surface area contributed by atoms with Crippen LogP contribution in [0.15, 0.2) is 77.7 Å². The van der Waals surface area contributed by atoms with Crippen molar-refractivity contribution in [2.24, 2.45) is 0 Å². The predicted octanol–water partition coefficient (Wildman–Crippen LogP) is 5.34. The second-order valence-electron chi connectivity index (χ2n) is 6.93. The molecule has 3 aromatic carbocycles. The fourth-order valence-corrected chi connectivity index (χ4v) is 4.62. The van der Waals surface area contributed by atoms with Crippen LogP contribution in [0, 0.1) is 17.1 Å². The molecule has 0 atom stereocenters. The third kappa shape index (κ3) is 4.77. The van der Waals surface area contributed by atoms with Crippen molar-refractivity contribution in [1.82, 2.24) is 14.5 Å². The van der Waals surface area contributed by atoms with Gasteiger partial charge in [-0.25, -0.2) is 22.2 Å². The van der Waals surface area contributed by atoms with Gasteiger partial charge in [-0.15, -0.1) is 0 Å². The van der Waals surface area contributed by atoms with Crippen LogP contribution in [0.3, 0.4) is 0 Å². The molecule has 166 valence electrons. The molecule has 0 saturated carbocycles. The highest BCUT2D eigenvalue weighted by atomic mass is 35.5. The molecule has 6 nitrogen and oxygen atoms in total. The molecule has 33 heavy (non-hydrogen) atoms. The maximum absolute atomic E-state index is 13.5. The van der Waals surface area contributed by atoms with E-state index in [9.17, 15) is 18.1 Å². The van der Waals surface area contributed by atoms with Gasteiger partial charge in [-0.1, -0.05) is 53.5 Å². The number of aromatic nitrogens is 2. The minimum Gasteiger partial charge on any atom is -0.230 e. The minimum atomic E-state index is -4.04. The molecule has 10 heteroatoms. The standard InChI is InChI=1S/C23H15Cl2FN4O2S/c24-16-10-8-15(9-11-16)23-19(13-27)21(29-30(23)22-7-2-1-6-20(22)25)14-28-33(31,32)18-5-3-4-17(26)12-18/h1-12,28H,14H2. The molecule has 1 N–H and O–H groups in total. The average Bonchev–Trinajstić information content (AvgIpc) is 3.17. The van der Waals surface area contributed by atoms with Gasteiger partial charge in [0.1, 0.15) is 17.4 Å². The molecule has 0 amide bonds. The van der Waals surface area contributed by atoms with Gasteiger partial charge in [0.15, 0.2) is 0 Å². The monoisotopic (exact) mass is 500 g/mol. The molecule has 0 saturated heterocycles. The van der Waals surface area contributed by atoms with E-state index in [-0.39, 0.29) is 22.7 Å². The quantitative estimate of drug-likeness (QED) is 0.387. The minimum absolute atomic E-state index is 0.166. The smallest absolute Gasteiger partial charge is 0.230 e. The van der Waals surface area contributed by atoms with E-state index in [2.05, 4.69) is 15.9 Å². The number of benzene rings is 3. The normalized spacial score (nSPS) is 11.3. The number of sulfonamides is 1. The van der Waals surface area contributed by atoms with Gasteiger partial charge in [0.2, 0.25) is 10.0 Å². The zero-order valence-electron chi connectivity index (χ0n) is 16.8. The van der Waals surface area contributed by atoms with E-state index < -0.39 is 15.8 Å². The summed E-state index contributed by atoms with van der Waals surface area (Å²) < 4.78 is 42.7. The SMILES string of the molecule is N#Cc1c(CNS(=O)(=O)c2cccc(F)c2)nn(-c2ccccc2Cl)c1-c1ccc(Cl)cc1. The molecular weight excluding hydrogens is 486 g/mol. The highest BCUT2D eigenvalue weighted by molar-refractivity contribution is 7.89. The van der Waals surface area contributed by atoms with Crippen molar-refractivity contribution >= 4 is 33.2 Å². The Bertz CT molecular complexity index is 1480. The van der Waals surface area contributed by atoms with E-state index in [0.717, 1.165) is 12.1 Å². The van der Waals surface area contributed by atoms with Crippen molar-refractivity contribution in [3.63, 3.8) is 0 Å². The van der Waals surface area contributed by atoms with Gasteiger partial charge in [-0.2, -0.15) is 10.4 Å². The summed E-state index contributed by atoms with van der Waals surface area (Å²) in [5.74, 6) is -0.677. The Morgan fingerprint density at radius 1 is 1.03 bits per heavy atom. The van der Waals surface area contributed by atoms with Crippen molar-refractivity contribution in [2.45, 2.75) is 11.4 Å². The van der Waals surface area contributed by atoms with Crippen molar-refractivity contribution in [1.29, 1.82) is 5.26 Å². The van der Waals surface area contributed by atoms with E-state index in [1.54, 1.807) is 48.5 Å². The maximum Gasteiger partial charge on any atom is 0.241 e. The van der Waals surface area contributed by atoms with E-state index >= 15 is 0 Å². The molecule has 0 aliphatic heterocycles. The van der Waals surface area contributed by atoms with Gasteiger partial charge < -0.3 is 0 Å². The van der Waals surface area contributed by atoms with Gasteiger partial charge in [0, 0.05) is 10.6 Å². The molecule has 1 heterocycles. The topological polar surface area (TPSA) is 87.8 Å².